The largest absolute Gasteiger partial charge is 0.503 e. The number of fused-ring (bicyclic) bond motifs is 4. The Morgan fingerprint density at radius 3 is 2.49 bits per heavy atom. The molecular formula is C21H18BrCl3N4O6. The molecule has 4 atom stereocenters. The van der Waals surface area contributed by atoms with Crippen LogP contribution in [0, 0.1) is 0 Å². The van der Waals surface area contributed by atoms with Gasteiger partial charge >= 0.3 is 11.4 Å². The SMILES string of the molecule is COc1cc([C@H]2C3=CCn4c(=O)n(C)c(=O)n4[C@@H]3C[C@@]3(Cl)C(=O)N(CBr)C(=O)[C@@]23Cl)cc(Cl)c1O. The first-order valence-corrected chi connectivity index (χ1v) is 12.6. The van der Waals surface area contributed by atoms with Crippen LogP contribution in [0.1, 0.15) is 23.9 Å². The molecule has 10 nitrogen and oxygen atoms in total. The van der Waals surface area contributed by atoms with Gasteiger partial charge in [-0.3, -0.25) is 14.5 Å². The smallest absolute Gasteiger partial charge is 0.347 e. The zero-order valence-electron chi connectivity index (χ0n) is 18.3. The van der Waals surface area contributed by atoms with E-state index in [2.05, 4.69) is 15.9 Å². The first kappa shape index (κ1) is 24.5. The summed E-state index contributed by atoms with van der Waals surface area (Å²) in [6.07, 6.45) is 1.50. The minimum absolute atomic E-state index is 0.0226. The molecule has 14 heteroatoms. The number of hydrogen-bond acceptors (Lipinski definition) is 6. The van der Waals surface area contributed by atoms with Gasteiger partial charge in [0.15, 0.2) is 21.2 Å². The molecule has 1 N–H and O–H groups in total. The standard InChI is InChI=1S/C21H18BrCl3N4O6/c1-26-18(33)28-4-3-10-12(29(28)19(26)34)7-20(24)16(31)27(8-22)17(32)21(20,25)14(10)9-5-11(23)15(30)13(6-9)35-2/h3,5-6,12,14,30H,4,7-8H2,1-2H3/t12-,14+,20-,21+/m1/s1. The average Bonchev–Trinajstić information content (AvgIpc) is 3.13. The highest BCUT2D eigenvalue weighted by atomic mass is 79.9. The minimum atomic E-state index is -1.99. The zero-order chi connectivity index (χ0) is 25.6. The van der Waals surface area contributed by atoms with Crippen molar-refractivity contribution in [2.75, 3.05) is 12.6 Å². The molecule has 35 heavy (non-hydrogen) atoms. The number of likely N-dealkylation sites (tertiary alicyclic amines) is 1. The summed E-state index contributed by atoms with van der Waals surface area (Å²) in [5.74, 6) is -2.78. The molecule has 0 radical (unpaired) electrons. The summed E-state index contributed by atoms with van der Waals surface area (Å²) in [6, 6.07) is 2.02. The van der Waals surface area contributed by atoms with Crippen LogP contribution in [0.25, 0.3) is 0 Å². The zero-order valence-corrected chi connectivity index (χ0v) is 22.2. The van der Waals surface area contributed by atoms with E-state index < -0.39 is 44.9 Å². The molecule has 2 amide bonds. The number of phenolic OH excluding ortho intramolecular Hbond substituents is 1. The molecule has 0 bridgehead atoms. The van der Waals surface area contributed by atoms with Crippen molar-refractivity contribution in [1.82, 2.24) is 18.8 Å². The average molecular weight is 609 g/mol. The molecule has 1 aromatic heterocycles. The van der Waals surface area contributed by atoms with Gasteiger partial charge in [0, 0.05) is 19.4 Å². The Bertz CT molecular complexity index is 1460. The predicted molar refractivity (Wildman–Crippen MR) is 131 cm³/mol. The molecule has 2 aromatic rings. The summed E-state index contributed by atoms with van der Waals surface area (Å²) in [5.41, 5.74) is -0.399. The van der Waals surface area contributed by atoms with Gasteiger partial charge in [0.05, 0.1) is 30.2 Å². The monoisotopic (exact) mass is 606 g/mol. The Hall–Kier alpha value is -2.21. The Labute approximate surface area is 221 Å². The number of carbonyl (C=O) groups excluding carboxylic acids is 2. The second-order valence-electron chi connectivity index (χ2n) is 8.63. The van der Waals surface area contributed by atoms with Gasteiger partial charge in [0.1, 0.15) is 0 Å². The number of methoxy groups -OCH3 is 1. The highest BCUT2D eigenvalue weighted by Crippen LogP contribution is 2.64. The van der Waals surface area contributed by atoms with Crippen molar-refractivity contribution in [3.05, 3.63) is 55.3 Å². The number of amides is 2. The summed E-state index contributed by atoms with van der Waals surface area (Å²) >= 11 is 23.6. The quantitative estimate of drug-likeness (QED) is 0.247. The van der Waals surface area contributed by atoms with Gasteiger partial charge in [0.25, 0.3) is 11.8 Å². The van der Waals surface area contributed by atoms with E-state index in [4.69, 9.17) is 39.5 Å². The van der Waals surface area contributed by atoms with Gasteiger partial charge in [-0.05, 0) is 23.3 Å². The molecule has 1 saturated heterocycles. The van der Waals surface area contributed by atoms with Crippen molar-refractivity contribution in [2.45, 2.75) is 34.7 Å². The summed E-state index contributed by atoms with van der Waals surface area (Å²) in [6.45, 7) is 0.0345. The maximum Gasteiger partial charge on any atom is 0.347 e. The number of benzene rings is 1. The second kappa shape index (κ2) is 7.89. The Kier molecular flexibility index (Phi) is 5.52. The number of allylic oxidation sites excluding steroid dienone is 2. The lowest BCUT2D eigenvalue weighted by Crippen LogP contribution is -2.59. The van der Waals surface area contributed by atoms with Crippen molar-refractivity contribution in [3.8, 4) is 11.5 Å². The Morgan fingerprint density at radius 2 is 1.86 bits per heavy atom. The lowest BCUT2D eigenvalue weighted by molar-refractivity contribution is -0.138. The summed E-state index contributed by atoms with van der Waals surface area (Å²) in [5, 5.41) is 10.2. The topological polar surface area (TPSA) is 116 Å². The summed E-state index contributed by atoms with van der Waals surface area (Å²) < 4.78 is 8.71. The fourth-order valence-electron chi connectivity index (χ4n) is 5.41. The van der Waals surface area contributed by atoms with Gasteiger partial charge in [-0.1, -0.05) is 33.6 Å². The van der Waals surface area contributed by atoms with E-state index in [1.165, 1.54) is 35.7 Å². The lowest BCUT2D eigenvalue weighted by Gasteiger charge is -2.49. The number of aromatic hydroxyl groups is 1. The molecule has 5 rings (SSSR count). The number of imide groups is 1. The van der Waals surface area contributed by atoms with Gasteiger partial charge in [0.2, 0.25) is 0 Å². The first-order valence-electron chi connectivity index (χ1n) is 10.4. The molecule has 1 aromatic carbocycles. The Balaban J connectivity index is 1.84. The number of aromatic nitrogens is 3. The van der Waals surface area contributed by atoms with Crippen molar-refractivity contribution in [2.24, 2.45) is 7.05 Å². The van der Waals surface area contributed by atoms with Gasteiger partial charge < -0.3 is 9.84 Å². The van der Waals surface area contributed by atoms with Crippen molar-refractivity contribution >= 4 is 62.5 Å². The van der Waals surface area contributed by atoms with Crippen molar-refractivity contribution < 1.29 is 19.4 Å². The number of phenols is 1. The first-order chi connectivity index (χ1) is 16.4. The van der Waals surface area contributed by atoms with Crippen LogP contribution in [0.2, 0.25) is 5.02 Å². The molecule has 0 spiro atoms. The Morgan fingerprint density at radius 1 is 1.17 bits per heavy atom. The minimum Gasteiger partial charge on any atom is -0.503 e. The normalized spacial score (nSPS) is 29.5. The third-order valence-electron chi connectivity index (χ3n) is 7.08. The maximum atomic E-state index is 13.6. The number of nitrogens with zero attached hydrogens (tertiary/aromatic N) is 4. The fourth-order valence-corrected chi connectivity index (χ4v) is 7.04. The number of rotatable bonds is 3. The van der Waals surface area contributed by atoms with Crippen molar-refractivity contribution in [1.29, 1.82) is 0 Å². The van der Waals surface area contributed by atoms with Crippen LogP contribution in [0.15, 0.2) is 33.4 Å². The lowest BCUT2D eigenvalue weighted by atomic mass is 9.64. The number of carbonyl (C=O) groups is 2. The van der Waals surface area contributed by atoms with Crippen LogP contribution in [0.5, 0.6) is 11.5 Å². The third-order valence-corrected chi connectivity index (χ3v) is 9.28. The molecule has 186 valence electrons. The third kappa shape index (κ3) is 2.89. The highest BCUT2D eigenvalue weighted by molar-refractivity contribution is 9.09. The van der Waals surface area contributed by atoms with Gasteiger partial charge in [-0.2, -0.15) is 0 Å². The van der Waals surface area contributed by atoms with E-state index in [9.17, 15) is 24.3 Å². The molecule has 1 saturated carbocycles. The van der Waals surface area contributed by atoms with E-state index in [0.717, 1.165) is 9.47 Å². The summed E-state index contributed by atoms with van der Waals surface area (Å²) in [7, 11) is 2.69. The van der Waals surface area contributed by atoms with E-state index in [1.807, 2.05) is 0 Å². The number of alkyl halides is 3. The number of halogens is 4. The predicted octanol–water partition coefficient (Wildman–Crippen LogP) is 2.06. The molecular weight excluding hydrogens is 591 g/mol. The van der Waals surface area contributed by atoms with Crippen LogP contribution in [0.4, 0.5) is 0 Å². The van der Waals surface area contributed by atoms with Crippen LogP contribution in [-0.4, -0.2) is 58.1 Å². The van der Waals surface area contributed by atoms with E-state index in [0.29, 0.717) is 11.1 Å². The van der Waals surface area contributed by atoms with E-state index >= 15 is 0 Å². The maximum absolute atomic E-state index is 13.6. The fraction of sp³-hybridized carbons (Fsp3) is 0.429. The number of ether oxygens (including phenoxy) is 1. The van der Waals surface area contributed by atoms with Gasteiger partial charge in [-0.25, -0.2) is 23.5 Å². The van der Waals surface area contributed by atoms with Crippen molar-refractivity contribution in [3.63, 3.8) is 0 Å². The van der Waals surface area contributed by atoms with Crippen LogP contribution < -0.4 is 16.1 Å². The number of hydrogen-bond donors (Lipinski definition) is 1. The summed E-state index contributed by atoms with van der Waals surface area (Å²) in [4.78, 5) is 49.7. The van der Waals surface area contributed by atoms with E-state index in [-0.39, 0.29) is 34.9 Å². The molecule has 3 aliphatic rings. The molecule has 2 fully saturated rings. The molecule has 2 aliphatic heterocycles. The van der Waals surface area contributed by atoms with E-state index in [1.54, 1.807) is 6.08 Å². The molecule has 1 aliphatic carbocycles. The van der Waals surface area contributed by atoms with Gasteiger partial charge in [-0.15, -0.1) is 23.2 Å². The highest BCUT2D eigenvalue weighted by Gasteiger charge is 2.75. The molecule has 3 heterocycles. The van der Waals surface area contributed by atoms with Crippen LogP contribution >= 0.6 is 50.7 Å². The van der Waals surface area contributed by atoms with Crippen LogP contribution in [0.3, 0.4) is 0 Å². The second-order valence-corrected chi connectivity index (χ2v) is 10.8. The molecule has 0 unspecified atom stereocenters. The van der Waals surface area contributed by atoms with Crippen LogP contribution in [-0.2, 0) is 23.2 Å².